The van der Waals surface area contributed by atoms with Gasteiger partial charge < -0.3 is 5.32 Å². The largest absolute Gasteiger partial charge is 0.307 e. The minimum absolute atomic E-state index is 0.763. The van der Waals surface area contributed by atoms with Gasteiger partial charge in [-0.25, -0.2) is 9.97 Å². The molecule has 92 valence electrons. The van der Waals surface area contributed by atoms with Crippen molar-refractivity contribution in [3.63, 3.8) is 0 Å². The third-order valence-corrected chi connectivity index (χ3v) is 4.05. The minimum atomic E-state index is 0.763. The van der Waals surface area contributed by atoms with E-state index in [9.17, 15) is 0 Å². The van der Waals surface area contributed by atoms with Crippen molar-refractivity contribution in [1.29, 1.82) is 0 Å². The second kappa shape index (κ2) is 5.26. The lowest BCUT2D eigenvalue weighted by Gasteiger charge is -2.03. The Kier molecular flexibility index (Phi) is 3.50. The van der Waals surface area contributed by atoms with Crippen molar-refractivity contribution in [3.05, 3.63) is 52.6 Å². The molecule has 2 heterocycles. The van der Waals surface area contributed by atoms with Gasteiger partial charge in [0.1, 0.15) is 5.82 Å². The molecule has 0 atom stereocenters. The maximum Gasteiger partial charge on any atom is 0.138 e. The van der Waals surface area contributed by atoms with Crippen LogP contribution in [-0.2, 0) is 18.8 Å². The lowest BCUT2D eigenvalue weighted by atomic mass is 10.3. The van der Waals surface area contributed by atoms with E-state index in [1.807, 2.05) is 30.5 Å². The normalized spacial score (nSPS) is 13.6. The van der Waals surface area contributed by atoms with Crippen molar-refractivity contribution in [1.82, 2.24) is 15.3 Å². The molecule has 5 heteroatoms. The maximum atomic E-state index is 5.85. The number of halogens is 1. The number of rotatable bonds is 3. The molecule has 0 fully saturated rings. The molecule has 0 radical (unpaired) electrons. The Labute approximate surface area is 115 Å². The van der Waals surface area contributed by atoms with E-state index < -0.39 is 0 Å². The van der Waals surface area contributed by atoms with Gasteiger partial charge in [0.25, 0.3) is 0 Å². The van der Waals surface area contributed by atoms with Crippen LogP contribution in [0.2, 0.25) is 5.02 Å². The number of nitrogens with one attached hydrogen (secondary N) is 1. The molecule has 0 unspecified atom stereocenters. The molecular formula is C13H12ClN3S. The number of aromatic nitrogens is 2. The third kappa shape index (κ3) is 2.66. The summed E-state index contributed by atoms with van der Waals surface area (Å²) in [7, 11) is 0. The molecule has 3 nitrogen and oxygen atoms in total. The molecule has 18 heavy (non-hydrogen) atoms. The van der Waals surface area contributed by atoms with Gasteiger partial charge in [-0.1, -0.05) is 11.6 Å². The second-order valence-corrected chi connectivity index (χ2v) is 5.59. The van der Waals surface area contributed by atoms with Crippen LogP contribution in [0, 0.1) is 0 Å². The Bertz CT molecular complexity index is 557. The molecule has 1 N–H and O–H groups in total. The fraction of sp³-hybridized carbons (Fsp3) is 0.231. The van der Waals surface area contributed by atoms with Gasteiger partial charge >= 0.3 is 0 Å². The number of hydrogen-bond acceptors (Lipinski definition) is 4. The van der Waals surface area contributed by atoms with Crippen molar-refractivity contribution in [2.45, 2.75) is 23.7 Å². The fourth-order valence-electron chi connectivity index (χ4n) is 1.85. The van der Waals surface area contributed by atoms with Gasteiger partial charge in [0.05, 0.1) is 11.4 Å². The first-order chi connectivity index (χ1) is 8.81. The molecule has 1 aromatic heterocycles. The van der Waals surface area contributed by atoms with Gasteiger partial charge in [-0.05, 0) is 24.3 Å². The first-order valence-corrected chi connectivity index (χ1v) is 7.10. The summed E-state index contributed by atoms with van der Waals surface area (Å²) in [6.07, 6.45) is 1.93. The Morgan fingerprint density at radius 2 is 2.06 bits per heavy atom. The predicted molar refractivity (Wildman–Crippen MR) is 73.6 cm³/mol. The first-order valence-electron chi connectivity index (χ1n) is 5.74. The van der Waals surface area contributed by atoms with Crippen LogP contribution < -0.4 is 5.32 Å². The van der Waals surface area contributed by atoms with Crippen molar-refractivity contribution >= 4 is 23.4 Å². The summed E-state index contributed by atoms with van der Waals surface area (Å²) < 4.78 is 0. The first kappa shape index (κ1) is 12.0. The molecule has 0 spiro atoms. The van der Waals surface area contributed by atoms with E-state index in [2.05, 4.69) is 15.3 Å². The molecule has 1 aliphatic rings. The highest BCUT2D eigenvalue weighted by Gasteiger charge is 2.12. The second-order valence-electron chi connectivity index (χ2n) is 4.10. The van der Waals surface area contributed by atoms with E-state index in [-0.39, 0.29) is 0 Å². The van der Waals surface area contributed by atoms with Crippen molar-refractivity contribution in [2.75, 3.05) is 0 Å². The van der Waals surface area contributed by atoms with Crippen molar-refractivity contribution < 1.29 is 0 Å². The van der Waals surface area contributed by atoms with E-state index in [0.717, 1.165) is 35.4 Å². The zero-order valence-corrected chi connectivity index (χ0v) is 11.3. The molecule has 0 saturated heterocycles. The number of nitrogens with zero attached hydrogens (tertiary/aromatic N) is 2. The minimum Gasteiger partial charge on any atom is -0.307 e. The summed E-state index contributed by atoms with van der Waals surface area (Å²) in [6, 6.07) is 7.83. The van der Waals surface area contributed by atoms with Crippen molar-refractivity contribution in [3.8, 4) is 0 Å². The number of thioether (sulfide) groups is 1. The van der Waals surface area contributed by atoms with Gasteiger partial charge in [-0.2, -0.15) is 0 Å². The van der Waals surface area contributed by atoms with E-state index >= 15 is 0 Å². The highest BCUT2D eigenvalue weighted by Crippen LogP contribution is 2.23. The van der Waals surface area contributed by atoms with Gasteiger partial charge in [0.2, 0.25) is 0 Å². The van der Waals surface area contributed by atoms with Crippen LogP contribution in [0.1, 0.15) is 17.1 Å². The molecule has 3 rings (SSSR count). The summed E-state index contributed by atoms with van der Waals surface area (Å²) >= 11 is 7.58. The lowest BCUT2D eigenvalue weighted by Crippen LogP contribution is -2.01. The van der Waals surface area contributed by atoms with Crippen molar-refractivity contribution in [2.24, 2.45) is 0 Å². The van der Waals surface area contributed by atoms with Crippen LogP contribution in [0.3, 0.4) is 0 Å². The smallest absolute Gasteiger partial charge is 0.138 e. The molecular weight excluding hydrogens is 266 g/mol. The van der Waals surface area contributed by atoms with Crippen LogP contribution >= 0.6 is 23.4 Å². The van der Waals surface area contributed by atoms with Crippen LogP contribution in [0.4, 0.5) is 0 Å². The fourth-order valence-corrected chi connectivity index (χ4v) is 2.74. The quantitative estimate of drug-likeness (QED) is 0.875. The van der Waals surface area contributed by atoms with E-state index in [4.69, 9.17) is 11.6 Å². The third-order valence-electron chi connectivity index (χ3n) is 2.79. The Morgan fingerprint density at radius 1 is 1.22 bits per heavy atom. The zero-order chi connectivity index (χ0) is 12.4. The molecule has 2 aromatic rings. The Hall–Kier alpha value is -1.10. The monoisotopic (exact) mass is 277 g/mol. The number of benzene rings is 1. The van der Waals surface area contributed by atoms with Crippen LogP contribution in [0.5, 0.6) is 0 Å². The summed E-state index contributed by atoms with van der Waals surface area (Å²) in [5.74, 6) is 1.67. The summed E-state index contributed by atoms with van der Waals surface area (Å²) in [4.78, 5) is 10.1. The van der Waals surface area contributed by atoms with Gasteiger partial charge in [-0.3, -0.25) is 0 Å². The van der Waals surface area contributed by atoms with E-state index in [1.54, 1.807) is 11.8 Å². The zero-order valence-electron chi connectivity index (χ0n) is 9.69. The summed E-state index contributed by atoms with van der Waals surface area (Å²) in [6.45, 7) is 1.75. The SMILES string of the molecule is Clc1ccc(SCc2ncc3c(n2)CNC3)cc1. The molecule has 0 saturated carbocycles. The average molecular weight is 278 g/mol. The molecule has 0 bridgehead atoms. The highest BCUT2D eigenvalue weighted by atomic mass is 35.5. The molecule has 0 aliphatic carbocycles. The topological polar surface area (TPSA) is 37.8 Å². The maximum absolute atomic E-state index is 5.85. The van der Waals surface area contributed by atoms with E-state index in [1.165, 1.54) is 10.5 Å². The van der Waals surface area contributed by atoms with Crippen LogP contribution in [0.25, 0.3) is 0 Å². The average Bonchev–Trinajstić information content (AvgIpc) is 2.85. The van der Waals surface area contributed by atoms with Crippen LogP contribution in [0.15, 0.2) is 35.4 Å². The number of fused-ring (bicyclic) bond motifs is 1. The van der Waals surface area contributed by atoms with Crippen LogP contribution in [-0.4, -0.2) is 9.97 Å². The summed E-state index contributed by atoms with van der Waals surface area (Å²) in [5.41, 5.74) is 2.35. The Balaban J connectivity index is 1.68. The lowest BCUT2D eigenvalue weighted by molar-refractivity contribution is 0.756. The van der Waals surface area contributed by atoms with Gasteiger partial charge in [0, 0.05) is 34.8 Å². The van der Waals surface area contributed by atoms with Gasteiger partial charge in [-0.15, -0.1) is 11.8 Å². The summed E-state index contributed by atoms with van der Waals surface area (Å²) in [5, 5.41) is 4.03. The molecule has 0 amide bonds. The predicted octanol–water partition coefficient (Wildman–Crippen LogP) is 3.03. The Morgan fingerprint density at radius 3 is 2.89 bits per heavy atom. The standard InChI is InChI=1S/C13H12ClN3S/c14-10-1-3-11(4-2-10)18-8-13-16-6-9-5-15-7-12(9)17-13/h1-4,6,15H,5,7-8H2. The van der Waals surface area contributed by atoms with Gasteiger partial charge in [0.15, 0.2) is 0 Å². The van der Waals surface area contributed by atoms with E-state index in [0.29, 0.717) is 0 Å². The number of hydrogen-bond donors (Lipinski definition) is 1. The molecule has 1 aliphatic heterocycles. The highest BCUT2D eigenvalue weighted by molar-refractivity contribution is 7.98. The molecule has 1 aromatic carbocycles.